The lowest BCUT2D eigenvalue weighted by molar-refractivity contribution is 0.183. The van der Waals surface area contributed by atoms with Crippen LogP contribution >= 0.6 is 11.3 Å². The highest BCUT2D eigenvalue weighted by atomic mass is 32.1. The van der Waals surface area contributed by atoms with Gasteiger partial charge in [-0.25, -0.2) is 0 Å². The SMILES string of the molecule is C#CCc1ccc2c(Cc3ccc(OCCN4CCCCC4)cc3)c(-c3ccc(OCCN4CCCC4)cc3)sc2c1. The molecule has 42 heavy (non-hydrogen) atoms. The molecule has 0 aliphatic carbocycles. The predicted octanol–water partition coefficient (Wildman–Crippen LogP) is 7.67. The molecule has 0 bridgehead atoms. The summed E-state index contributed by atoms with van der Waals surface area (Å²) in [6, 6.07) is 24.0. The first-order chi connectivity index (χ1) is 20.7. The molecule has 0 unspecified atom stereocenters. The predicted molar refractivity (Wildman–Crippen MR) is 176 cm³/mol. The summed E-state index contributed by atoms with van der Waals surface area (Å²) in [5.74, 6) is 4.68. The van der Waals surface area contributed by atoms with Crippen molar-refractivity contribution in [2.24, 2.45) is 0 Å². The van der Waals surface area contributed by atoms with Gasteiger partial charge in [0.25, 0.3) is 0 Å². The quantitative estimate of drug-likeness (QED) is 0.161. The summed E-state index contributed by atoms with van der Waals surface area (Å²) >= 11 is 1.86. The molecule has 4 aromatic rings. The molecule has 1 aromatic heterocycles. The number of hydrogen-bond donors (Lipinski definition) is 0. The summed E-state index contributed by atoms with van der Waals surface area (Å²) in [7, 11) is 0. The molecule has 218 valence electrons. The van der Waals surface area contributed by atoms with Crippen LogP contribution in [0.1, 0.15) is 48.8 Å². The molecule has 4 nitrogen and oxygen atoms in total. The van der Waals surface area contributed by atoms with Crippen LogP contribution in [0, 0.1) is 12.3 Å². The lowest BCUT2D eigenvalue weighted by Gasteiger charge is -2.26. The Morgan fingerprint density at radius 3 is 1.88 bits per heavy atom. The molecule has 6 rings (SSSR count). The molecule has 5 heteroatoms. The lowest BCUT2D eigenvalue weighted by Crippen LogP contribution is -2.33. The summed E-state index contributed by atoms with van der Waals surface area (Å²) in [5.41, 5.74) is 5.07. The standard InChI is InChI=1S/C37H42N2O2S/c1-2-8-29-11-18-34-35(27-30-9-14-32(15-10-30)40-25-23-38-19-4-3-5-20-38)37(42-36(34)28-29)31-12-16-33(17-13-31)41-26-24-39-21-6-7-22-39/h1,9-18,28H,3-8,19-27H2. The van der Waals surface area contributed by atoms with Gasteiger partial charge in [-0.05, 0) is 128 Å². The van der Waals surface area contributed by atoms with Gasteiger partial charge in [0.2, 0.25) is 0 Å². The van der Waals surface area contributed by atoms with Gasteiger partial charge in [0, 0.05) is 29.1 Å². The van der Waals surface area contributed by atoms with Crippen LogP contribution in [-0.4, -0.2) is 62.3 Å². The van der Waals surface area contributed by atoms with Crippen molar-refractivity contribution in [3.05, 3.63) is 83.4 Å². The first-order valence-electron chi connectivity index (χ1n) is 15.6. The number of hydrogen-bond acceptors (Lipinski definition) is 5. The Bertz CT molecular complexity index is 1470. The molecule has 0 atom stereocenters. The van der Waals surface area contributed by atoms with E-state index < -0.39 is 0 Å². The normalized spacial score (nSPS) is 16.1. The van der Waals surface area contributed by atoms with E-state index in [2.05, 4.69) is 82.5 Å². The zero-order valence-electron chi connectivity index (χ0n) is 24.7. The van der Waals surface area contributed by atoms with E-state index in [4.69, 9.17) is 15.9 Å². The Balaban J connectivity index is 1.16. The Morgan fingerprint density at radius 1 is 0.690 bits per heavy atom. The van der Waals surface area contributed by atoms with Gasteiger partial charge in [-0.15, -0.1) is 23.7 Å². The van der Waals surface area contributed by atoms with E-state index in [-0.39, 0.29) is 0 Å². The first-order valence-corrected chi connectivity index (χ1v) is 16.4. The van der Waals surface area contributed by atoms with Gasteiger partial charge in [0.1, 0.15) is 24.7 Å². The number of rotatable bonds is 12. The highest BCUT2D eigenvalue weighted by Crippen LogP contribution is 2.41. The van der Waals surface area contributed by atoms with Crippen LogP contribution in [-0.2, 0) is 12.8 Å². The Kier molecular flexibility index (Phi) is 9.77. The van der Waals surface area contributed by atoms with E-state index in [1.807, 2.05) is 11.3 Å². The van der Waals surface area contributed by atoms with E-state index in [0.717, 1.165) is 44.2 Å². The van der Waals surface area contributed by atoms with Gasteiger partial charge in [0.05, 0.1) is 0 Å². The van der Waals surface area contributed by atoms with Gasteiger partial charge in [-0.3, -0.25) is 9.80 Å². The zero-order chi connectivity index (χ0) is 28.6. The van der Waals surface area contributed by atoms with Gasteiger partial charge in [-0.1, -0.05) is 30.7 Å². The number of likely N-dealkylation sites (tertiary alicyclic amines) is 2. The molecule has 0 saturated carbocycles. The third-order valence-electron chi connectivity index (χ3n) is 8.58. The van der Waals surface area contributed by atoms with Crippen molar-refractivity contribution in [2.45, 2.75) is 44.9 Å². The maximum atomic E-state index is 6.10. The Labute approximate surface area is 255 Å². The van der Waals surface area contributed by atoms with Gasteiger partial charge in [-0.2, -0.15) is 0 Å². The minimum atomic E-state index is 0.654. The number of benzene rings is 3. The second-order valence-electron chi connectivity index (χ2n) is 11.6. The van der Waals surface area contributed by atoms with Crippen molar-refractivity contribution < 1.29 is 9.47 Å². The summed E-state index contributed by atoms with van der Waals surface area (Å²) in [6.45, 7) is 8.32. The molecule has 0 N–H and O–H groups in total. The zero-order valence-corrected chi connectivity index (χ0v) is 25.5. The van der Waals surface area contributed by atoms with E-state index in [0.29, 0.717) is 6.42 Å². The Hall–Kier alpha value is -3.30. The molecular formula is C37H42N2O2S. The number of thiophene rings is 1. The molecule has 0 amide bonds. The molecule has 0 radical (unpaired) electrons. The van der Waals surface area contributed by atoms with Crippen LogP contribution in [0.4, 0.5) is 0 Å². The third kappa shape index (κ3) is 7.36. The molecule has 0 spiro atoms. The van der Waals surface area contributed by atoms with Crippen LogP contribution < -0.4 is 9.47 Å². The van der Waals surface area contributed by atoms with Crippen LogP contribution in [0.15, 0.2) is 66.7 Å². The molecule has 2 saturated heterocycles. The van der Waals surface area contributed by atoms with E-state index in [9.17, 15) is 0 Å². The lowest BCUT2D eigenvalue weighted by atomic mass is 9.98. The summed E-state index contributed by atoms with van der Waals surface area (Å²) < 4.78 is 13.5. The molecule has 3 heterocycles. The van der Waals surface area contributed by atoms with Crippen molar-refractivity contribution in [2.75, 3.05) is 52.5 Å². The van der Waals surface area contributed by atoms with E-state index in [1.165, 1.54) is 95.5 Å². The number of piperidine rings is 1. The Morgan fingerprint density at radius 2 is 1.26 bits per heavy atom. The van der Waals surface area contributed by atoms with Gasteiger partial charge >= 0.3 is 0 Å². The second kappa shape index (κ2) is 14.2. The third-order valence-corrected chi connectivity index (χ3v) is 9.83. The summed E-state index contributed by atoms with van der Waals surface area (Å²) in [4.78, 5) is 6.32. The number of fused-ring (bicyclic) bond motifs is 1. The summed E-state index contributed by atoms with van der Waals surface area (Å²) in [6.07, 6.45) is 13.8. The van der Waals surface area contributed by atoms with E-state index >= 15 is 0 Å². The minimum absolute atomic E-state index is 0.654. The van der Waals surface area contributed by atoms with Crippen LogP contribution in [0.3, 0.4) is 0 Å². The molecule has 3 aromatic carbocycles. The molecule has 2 aliphatic heterocycles. The molecular weight excluding hydrogens is 536 g/mol. The highest BCUT2D eigenvalue weighted by molar-refractivity contribution is 7.22. The summed E-state index contributed by atoms with van der Waals surface area (Å²) in [5, 5.41) is 1.31. The largest absolute Gasteiger partial charge is 0.492 e. The van der Waals surface area contributed by atoms with Crippen molar-refractivity contribution in [1.29, 1.82) is 0 Å². The number of nitrogens with zero attached hydrogens (tertiary/aromatic N) is 2. The second-order valence-corrected chi connectivity index (χ2v) is 12.7. The van der Waals surface area contributed by atoms with Crippen molar-refractivity contribution in [3.63, 3.8) is 0 Å². The minimum Gasteiger partial charge on any atom is -0.492 e. The maximum absolute atomic E-state index is 6.10. The topological polar surface area (TPSA) is 24.9 Å². The first kappa shape index (κ1) is 28.8. The van der Waals surface area contributed by atoms with Crippen molar-refractivity contribution in [3.8, 4) is 34.3 Å². The average molecular weight is 579 g/mol. The van der Waals surface area contributed by atoms with Gasteiger partial charge in [0.15, 0.2) is 0 Å². The van der Waals surface area contributed by atoms with Crippen molar-refractivity contribution >= 4 is 21.4 Å². The molecule has 2 aliphatic rings. The number of ether oxygens (including phenoxy) is 2. The van der Waals surface area contributed by atoms with E-state index in [1.54, 1.807) is 0 Å². The van der Waals surface area contributed by atoms with Gasteiger partial charge < -0.3 is 9.47 Å². The maximum Gasteiger partial charge on any atom is 0.119 e. The smallest absolute Gasteiger partial charge is 0.119 e. The highest BCUT2D eigenvalue weighted by Gasteiger charge is 2.16. The van der Waals surface area contributed by atoms with Crippen molar-refractivity contribution in [1.82, 2.24) is 9.80 Å². The molecule has 2 fully saturated rings. The van der Waals surface area contributed by atoms with Crippen LogP contribution in [0.5, 0.6) is 11.5 Å². The fourth-order valence-corrected chi connectivity index (χ4v) is 7.51. The average Bonchev–Trinajstić information content (AvgIpc) is 3.67. The fourth-order valence-electron chi connectivity index (χ4n) is 6.22. The van der Waals surface area contributed by atoms with Crippen LogP contribution in [0.2, 0.25) is 0 Å². The fraction of sp³-hybridized carbons (Fsp3) is 0.405. The monoisotopic (exact) mass is 578 g/mol. The van der Waals surface area contributed by atoms with Crippen LogP contribution in [0.25, 0.3) is 20.5 Å². The number of terminal acetylenes is 1.